The van der Waals surface area contributed by atoms with Gasteiger partial charge in [0.1, 0.15) is 37.4 Å². The number of hydrogen-bond donors (Lipinski definition) is 7. The van der Waals surface area contributed by atoms with Gasteiger partial charge in [0, 0.05) is 6.54 Å². The van der Waals surface area contributed by atoms with Crippen molar-refractivity contribution in [2.75, 3.05) is 47.1 Å². The molecule has 7 N–H and O–H groups in total. The van der Waals surface area contributed by atoms with E-state index >= 15 is 0 Å². The van der Waals surface area contributed by atoms with Crippen LogP contribution < -0.4 is 37.2 Å². The summed E-state index contributed by atoms with van der Waals surface area (Å²) >= 11 is 0. The minimum absolute atomic E-state index is 0.0124. The molecular weight excluding hydrogens is 829 g/mol. The van der Waals surface area contributed by atoms with E-state index in [1.54, 1.807) is 39.8 Å². The molecule has 0 aromatic heterocycles. The highest BCUT2D eigenvalue weighted by atomic mass is 16.5. The fourth-order valence-electron chi connectivity index (χ4n) is 8.61. The first-order valence-electron chi connectivity index (χ1n) is 24.2. The number of ether oxygens (including phenoxy) is 2. The molecule has 3 fully saturated rings. The van der Waals surface area contributed by atoms with E-state index in [1.165, 1.54) is 0 Å². The first-order valence-corrected chi connectivity index (χ1v) is 24.2. The zero-order valence-corrected chi connectivity index (χ0v) is 41.1. The maximum absolute atomic E-state index is 14.0. The third kappa shape index (κ3) is 18.2. The lowest BCUT2D eigenvalue weighted by Crippen LogP contribution is -2.60. The summed E-state index contributed by atoms with van der Waals surface area (Å²) in [7, 11) is 3.39. The van der Waals surface area contributed by atoms with Gasteiger partial charge in [-0.15, -0.1) is 0 Å². The molecule has 2 aliphatic carbocycles. The third-order valence-corrected chi connectivity index (χ3v) is 13.2. The van der Waals surface area contributed by atoms with Crippen molar-refractivity contribution < 1.29 is 38.2 Å². The monoisotopic (exact) mass is 911 g/mol. The first kappa shape index (κ1) is 55.1. The molecule has 1 aliphatic heterocycles. The summed E-state index contributed by atoms with van der Waals surface area (Å²) in [4.78, 5) is 81.7. The molecule has 8 atom stereocenters. The number of nitrogens with one attached hydrogen (secondary N) is 7. The Morgan fingerprint density at radius 1 is 0.600 bits per heavy atom. The summed E-state index contributed by atoms with van der Waals surface area (Å²) in [6.45, 7) is 16.0. The predicted molar refractivity (Wildman–Crippen MR) is 252 cm³/mol. The summed E-state index contributed by atoms with van der Waals surface area (Å²) in [6.07, 6.45) is 11.3. The number of amides is 6. The number of carbonyl (C=O) groups is 6. The molecule has 0 aromatic rings. The van der Waals surface area contributed by atoms with E-state index in [1.807, 2.05) is 34.6 Å². The second-order valence-corrected chi connectivity index (χ2v) is 19.6. The number of likely N-dealkylation sites (N-methyl/N-ethyl adjacent to an activating group) is 2. The van der Waals surface area contributed by atoms with Crippen LogP contribution in [0.5, 0.6) is 0 Å². The molecule has 16 nitrogen and oxygen atoms in total. The van der Waals surface area contributed by atoms with Crippen molar-refractivity contribution in [3.8, 4) is 23.7 Å². The zero-order valence-electron chi connectivity index (χ0n) is 41.1. The Balaban J connectivity index is 1.49. The smallest absolute Gasteiger partial charge is 0.246 e. The van der Waals surface area contributed by atoms with E-state index in [0.29, 0.717) is 19.4 Å². The minimum atomic E-state index is -0.825. The van der Waals surface area contributed by atoms with Gasteiger partial charge in [-0.25, -0.2) is 0 Å². The van der Waals surface area contributed by atoms with Gasteiger partial charge in [-0.1, -0.05) is 85.0 Å². The standard InChI is InChI=1S/C49H82N8O8/c1-32(2)38(53-45(60)35(5)52-47(62)41(37-24-17-14-18-25-37)55-43(58)33(3)50-9)30-64-28-19-11-12-20-29-65-31-39(36-22-15-13-16-23-36)54-46(61)40-26-21-27-57(40)48(63)42(49(6,7)8)56-44(59)34(4)51-10/h32-42,50-51H,13-18,21-31H2,1-10H3,(H,52,62)(H,53,60)(H,54,61)(H,55,58)(H,56,59)/t33-,34+,35+,38-,39-,40?,41-,42-/m1/s1. The van der Waals surface area contributed by atoms with Gasteiger partial charge in [0.2, 0.25) is 35.4 Å². The Hall–Kier alpha value is -4.22. The number of rotatable bonds is 22. The molecule has 1 saturated heterocycles. The van der Waals surface area contributed by atoms with Crippen LogP contribution in [0.25, 0.3) is 0 Å². The number of hydrogen-bond acceptors (Lipinski definition) is 10. The van der Waals surface area contributed by atoms with E-state index in [9.17, 15) is 28.8 Å². The second kappa shape index (κ2) is 28.1. The van der Waals surface area contributed by atoms with Crippen molar-refractivity contribution in [1.82, 2.24) is 42.1 Å². The summed E-state index contributed by atoms with van der Waals surface area (Å²) in [5.41, 5.74) is -0.564. The van der Waals surface area contributed by atoms with E-state index < -0.39 is 41.7 Å². The number of likely N-dealkylation sites (tertiary alicyclic amines) is 1. The van der Waals surface area contributed by atoms with Crippen molar-refractivity contribution in [1.29, 1.82) is 0 Å². The van der Waals surface area contributed by atoms with Crippen molar-refractivity contribution in [3.05, 3.63) is 0 Å². The second-order valence-electron chi connectivity index (χ2n) is 19.6. The van der Waals surface area contributed by atoms with Gasteiger partial charge in [-0.05, 0) is 108 Å². The molecular formula is C49H82N8O8. The largest absolute Gasteiger partial charge is 0.367 e. The van der Waals surface area contributed by atoms with Gasteiger partial charge in [0.05, 0.1) is 37.4 Å². The fraction of sp³-hybridized carbons (Fsp3) is 0.796. The lowest BCUT2D eigenvalue weighted by atomic mass is 9.83. The highest BCUT2D eigenvalue weighted by molar-refractivity contribution is 5.94. The van der Waals surface area contributed by atoms with Gasteiger partial charge in [0.25, 0.3) is 0 Å². The Morgan fingerprint density at radius 2 is 1.12 bits per heavy atom. The van der Waals surface area contributed by atoms with Crippen LogP contribution in [0.3, 0.4) is 0 Å². The molecule has 1 heterocycles. The molecule has 3 rings (SSSR count). The maximum Gasteiger partial charge on any atom is 0.246 e. The minimum Gasteiger partial charge on any atom is -0.367 e. The van der Waals surface area contributed by atoms with Crippen LogP contribution >= 0.6 is 0 Å². The van der Waals surface area contributed by atoms with E-state index in [2.05, 4.69) is 60.9 Å². The normalized spacial score (nSPS) is 20.3. The molecule has 366 valence electrons. The molecule has 0 spiro atoms. The van der Waals surface area contributed by atoms with Crippen LogP contribution in [-0.4, -0.2) is 136 Å². The van der Waals surface area contributed by atoms with E-state index in [-0.39, 0.29) is 91.7 Å². The molecule has 16 heteroatoms. The SMILES string of the molecule is CN[C@@H](C)C(=O)N[C@H](C(=O)N1CCCC1C(=O)N[C@H](COCC#CC#CCOC[C@@H](NC(=O)[C@H](C)NC(=O)[C@H](NC(=O)[C@@H](C)NC)C1CCCCC1)C(C)C)C1CCCCC1)C(C)(C)C. The Bertz CT molecular complexity index is 1680. The quantitative estimate of drug-likeness (QED) is 0.0624. The highest BCUT2D eigenvalue weighted by Crippen LogP contribution is 2.30. The van der Waals surface area contributed by atoms with E-state index in [4.69, 9.17) is 9.47 Å². The summed E-state index contributed by atoms with van der Waals surface area (Å²) in [5, 5.41) is 20.8. The van der Waals surface area contributed by atoms with Gasteiger partial charge in [-0.3, -0.25) is 28.8 Å². The van der Waals surface area contributed by atoms with Crippen molar-refractivity contribution >= 4 is 35.4 Å². The van der Waals surface area contributed by atoms with Crippen molar-refractivity contribution in [2.45, 2.75) is 181 Å². The van der Waals surface area contributed by atoms with Crippen LogP contribution in [0.4, 0.5) is 0 Å². The highest BCUT2D eigenvalue weighted by Gasteiger charge is 2.43. The molecule has 2 saturated carbocycles. The molecule has 0 aromatic carbocycles. The average molecular weight is 911 g/mol. The molecule has 3 aliphatic rings. The maximum atomic E-state index is 14.0. The number of carbonyl (C=O) groups excluding carboxylic acids is 6. The van der Waals surface area contributed by atoms with Crippen molar-refractivity contribution in [2.24, 2.45) is 23.2 Å². The zero-order chi connectivity index (χ0) is 48.1. The van der Waals surface area contributed by atoms with Gasteiger partial charge in [-0.2, -0.15) is 0 Å². The molecule has 6 amide bonds. The average Bonchev–Trinajstić information content (AvgIpc) is 3.79. The number of nitrogens with zero attached hydrogens (tertiary/aromatic N) is 1. The van der Waals surface area contributed by atoms with Gasteiger partial charge in [0.15, 0.2) is 0 Å². The van der Waals surface area contributed by atoms with Gasteiger partial charge >= 0.3 is 0 Å². The third-order valence-electron chi connectivity index (χ3n) is 13.2. The lowest BCUT2D eigenvalue weighted by molar-refractivity contribution is -0.144. The Labute approximate surface area is 389 Å². The molecule has 1 unspecified atom stereocenters. The van der Waals surface area contributed by atoms with Crippen molar-refractivity contribution in [3.63, 3.8) is 0 Å². The molecule has 0 bridgehead atoms. The van der Waals surface area contributed by atoms with Crippen LogP contribution in [0, 0.1) is 46.9 Å². The van der Waals surface area contributed by atoms with Crippen LogP contribution in [-0.2, 0) is 38.2 Å². The lowest BCUT2D eigenvalue weighted by Gasteiger charge is -2.37. The fourth-order valence-corrected chi connectivity index (χ4v) is 8.61. The molecule has 65 heavy (non-hydrogen) atoms. The van der Waals surface area contributed by atoms with Crippen LogP contribution in [0.2, 0.25) is 0 Å². The summed E-state index contributed by atoms with van der Waals surface area (Å²) < 4.78 is 11.8. The first-order chi connectivity index (χ1) is 30.9. The topological polar surface area (TPSA) is 208 Å². The summed E-state index contributed by atoms with van der Waals surface area (Å²) in [6, 6.07) is -4.44. The van der Waals surface area contributed by atoms with E-state index in [0.717, 1.165) is 64.2 Å². The van der Waals surface area contributed by atoms with Gasteiger partial charge < -0.3 is 51.6 Å². The van der Waals surface area contributed by atoms with Crippen LogP contribution in [0.15, 0.2) is 0 Å². The Morgan fingerprint density at radius 3 is 1.66 bits per heavy atom. The summed E-state index contributed by atoms with van der Waals surface area (Å²) in [5.74, 6) is 10.0. The Kier molecular flexibility index (Phi) is 23.8. The van der Waals surface area contributed by atoms with Crippen LogP contribution in [0.1, 0.15) is 132 Å². The predicted octanol–water partition coefficient (Wildman–Crippen LogP) is 2.54. The molecule has 0 radical (unpaired) electrons.